The molecule has 0 bridgehead atoms. The average molecular weight is 726 g/mol. The van der Waals surface area contributed by atoms with Crippen LogP contribution in [0.5, 0.6) is 11.6 Å². The molecule has 51 heavy (non-hydrogen) atoms. The summed E-state index contributed by atoms with van der Waals surface area (Å²) in [5.74, 6) is -1.92. The summed E-state index contributed by atoms with van der Waals surface area (Å²) >= 11 is 0. The molecular weight excluding hydrogens is 678 g/mol. The van der Waals surface area contributed by atoms with Crippen LogP contribution in [0.1, 0.15) is 72.6 Å². The molecule has 1 saturated heterocycles. The number of ether oxygens (including phenoxy) is 2. The maximum absolute atomic E-state index is 14.4. The summed E-state index contributed by atoms with van der Waals surface area (Å²) in [6.07, 6.45) is 6.24. The number of fused-ring (bicyclic) bond motifs is 3. The number of aromatic nitrogens is 1. The zero-order chi connectivity index (χ0) is 36.7. The van der Waals surface area contributed by atoms with E-state index < -0.39 is 74.7 Å². The van der Waals surface area contributed by atoms with Crippen molar-refractivity contribution in [3.63, 3.8) is 0 Å². The number of hydrogen-bond donors (Lipinski definition) is 4. The van der Waals surface area contributed by atoms with Gasteiger partial charge in [0.1, 0.15) is 29.5 Å². The van der Waals surface area contributed by atoms with Gasteiger partial charge in [-0.05, 0) is 70.3 Å². The lowest BCUT2D eigenvalue weighted by molar-refractivity contribution is -0.142. The lowest BCUT2D eigenvalue weighted by Gasteiger charge is -2.32. The zero-order valence-corrected chi connectivity index (χ0v) is 30.1. The van der Waals surface area contributed by atoms with Gasteiger partial charge in [-0.1, -0.05) is 44.2 Å². The summed E-state index contributed by atoms with van der Waals surface area (Å²) < 4.78 is 40.1. The van der Waals surface area contributed by atoms with Crippen LogP contribution in [0.3, 0.4) is 0 Å². The van der Waals surface area contributed by atoms with E-state index in [4.69, 9.17) is 9.47 Å². The number of carbonyl (C=O) groups excluding carboxylic acids is 3. The Kier molecular flexibility index (Phi) is 10.2. The van der Waals surface area contributed by atoms with Gasteiger partial charge in [-0.15, -0.1) is 0 Å². The zero-order valence-electron chi connectivity index (χ0n) is 29.3. The number of carboxylic acid groups (broad SMARTS) is 1. The Morgan fingerprint density at radius 2 is 1.82 bits per heavy atom. The highest BCUT2D eigenvalue weighted by Gasteiger charge is 2.62. The predicted molar refractivity (Wildman–Crippen MR) is 187 cm³/mol. The number of pyridine rings is 1. The molecule has 1 aromatic carbocycles. The van der Waals surface area contributed by atoms with E-state index >= 15 is 0 Å². The third-order valence-corrected chi connectivity index (χ3v) is 12.1. The summed E-state index contributed by atoms with van der Waals surface area (Å²) in [6.45, 7) is 7.61. The highest BCUT2D eigenvalue weighted by atomic mass is 32.2. The van der Waals surface area contributed by atoms with Gasteiger partial charge in [0.15, 0.2) is 0 Å². The highest BCUT2D eigenvalue weighted by molar-refractivity contribution is 7.91. The fraction of sp³-hybridized carbons (Fsp3) is 0.583. The predicted octanol–water partition coefficient (Wildman–Crippen LogP) is 3.50. The molecule has 2 aromatic rings. The number of nitrogens with one attached hydrogen (secondary N) is 3. The first kappa shape index (κ1) is 36.4. The molecule has 3 fully saturated rings. The van der Waals surface area contributed by atoms with Crippen molar-refractivity contribution < 1.29 is 42.2 Å². The lowest BCUT2D eigenvalue weighted by atomic mass is 9.88. The van der Waals surface area contributed by atoms with Gasteiger partial charge in [-0.2, -0.15) is 0 Å². The second-order valence-corrected chi connectivity index (χ2v) is 16.8. The molecule has 1 aromatic heterocycles. The van der Waals surface area contributed by atoms with Crippen molar-refractivity contribution in [3.8, 4) is 11.6 Å². The second-order valence-electron chi connectivity index (χ2n) is 14.8. The third-order valence-electron chi connectivity index (χ3n) is 10.3. The van der Waals surface area contributed by atoms with E-state index in [1.165, 1.54) is 4.90 Å². The van der Waals surface area contributed by atoms with Gasteiger partial charge >= 0.3 is 6.09 Å². The van der Waals surface area contributed by atoms with E-state index in [0.29, 0.717) is 36.8 Å². The van der Waals surface area contributed by atoms with E-state index in [9.17, 15) is 32.7 Å². The fourth-order valence-corrected chi connectivity index (χ4v) is 8.74. The van der Waals surface area contributed by atoms with E-state index in [1.807, 2.05) is 64.1 Å². The van der Waals surface area contributed by atoms with Crippen LogP contribution >= 0.6 is 0 Å². The monoisotopic (exact) mass is 725 g/mol. The Labute approximate surface area is 297 Å². The van der Waals surface area contributed by atoms with Gasteiger partial charge in [-0.3, -0.25) is 19.1 Å². The average Bonchev–Trinajstić information content (AvgIpc) is 3.99. The molecule has 4 amide bonds. The molecule has 6 rings (SSSR count). The number of amides is 4. The van der Waals surface area contributed by atoms with E-state index in [-0.39, 0.29) is 37.3 Å². The van der Waals surface area contributed by atoms with E-state index in [2.05, 4.69) is 20.3 Å². The molecule has 0 unspecified atom stereocenters. The first-order valence-electron chi connectivity index (χ1n) is 17.7. The van der Waals surface area contributed by atoms with Gasteiger partial charge in [0, 0.05) is 23.1 Å². The quantitative estimate of drug-likeness (QED) is 0.293. The molecule has 2 aliphatic carbocycles. The minimum absolute atomic E-state index is 0.0149. The largest absolute Gasteiger partial charge is 0.489 e. The van der Waals surface area contributed by atoms with Crippen LogP contribution in [-0.4, -0.2) is 88.8 Å². The number of carbonyl (C=O) groups is 4. The Balaban J connectivity index is 1.33. The maximum atomic E-state index is 14.4. The molecule has 3 heterocycles. The summed E-state index contributed by atoms with van der Waals surface area (Å²) in [6, 6.07) is 5.13. The van der Waals surface area contributed by atoms with Gasteiger partial charge in [0.2, 0.25) is 27.7 Å². The minimum Gasteiger partial charge on any atom is -0.489 e. The van der Waals surface area contributed by atoms with Crippen LogP contribution in [0.15, 0.2) is 42.6 Å². The summed E-state index contributed by atoms with van der Waals surface area (Å²) in [4.78, 5) is 60.1. The number of hydrogen-bond acceptors (Lipinski definition) is 9. The highest BCUT2D eigenvalue weighted by Crippen LogP contribution is 2.46. The Morgan fingerprint density at radius 3 is 2.51 bits per heavy atom. The SMILES string of the molecule is CC(C)Oc1cnc(O[C@@H]2C[C@H]3C(=O)N[C@]4(C(=O)NS(=O)(=O)C5CC5)C[C@H]4C=CCC[C@H](C)C[C@@H](C)[C@H](NC(=O)O)C(=O)N3C2)c2ccccc12. The van der Waals surface area contributed by atoms with Crippen LogP contribution in [-0.2, 0) is 24.4 Å². The van der Waals surface area contributed by atoms with Gasteiger partial charge in [0.05, 0.1) is 24.1 Å². The Bertz CT molecular complexity index is 1830. The van der Waals surface area contributed by atoms with Crippen molar-refractivity contribution in [1.29, 1.82) is 0 Å². The van der Waals surface area contributed by atoms with Crippen LogP contribution in [0.4, 0.5) is 4.79 Å². The smallest absolute Gasteiger partial charge is 0.405 e. The van der Waals surface area contributed by atoms with Crippen LogP contribution in [0.2, 0.25) is 0 Å². The molecule has 0 radical (unpaired) electrons. The second kappa shape index (κ2) is 14.3. The standard InChI is InChI=1S/C36H47N5O9S/c1-20(2)49-29-18-37-32(27-12-8-7-11-26(27)29)50-24-16-28-31(42)39-36(34(44)40-51(47,48)25-13-14-25)17-23(36)10-6-5-9-21(3)15-22(4)30(38-35(45)46)33(43)41(28)19-24/h6-8,10-12,18,20-25,28,30,38H,5,9,13-17,19H2,1-4H3,(H,39,42)(H,40,44)(H,45,46)/t21-,22+,23+,24+,28-,30-,36+/m0/s1. The molecule has 0 spiro atoms. The molecule has 2 aliphatic heterocycles. The van der Waals surface area contributed by atoms with Gasteiger partial charge in [-0.25, -0.2) is 18.2 Å². The molecule has 15 heteroatoms. The van der Waals surface area contributed by atoms with Crippen molar-refractivity contribution in [2.24, 2.45) is 17.8 Å². The molecule has 7 atom stereocenters. The molecule has 4 N–H and O–H groups in total. The topological polar surface area (TPSA) is 193 Å². The maximum Gasteiger partial charge on any atom is 0.405 e. The van der Waals surface area contributed by atoms with E-state index in [1.54, 1.807) is 6.20 Å². The van der Waals surface area contributed by atoms with Crippen molar-refractivity contribution in [2.45, 2.75) is 108 Å². The Hall–Kier alpha value is -4.40. The minimum atomic E-state index is -3.90. The molecular formula is C36H47N5O9S. The normalized spacial score (nSPS) is 30.0. The van der Waals surface area contributed by atoms with Crippen LogP contribution < -0.4 is 24.8 Å². The number of allylic oxidation sites excluding steroid dienone is 1. The molecule has 14 nitrogen and oxygen atoms in total. The lowest BCUT2D eigenvalue weighted by Crippen LogP contribution is -2.59. The number of nitrogens with zero attached hydrogens (tertiary/aromatic N) is 2. The summed E-state index contributed by atoms with van der Waals surface area (Å²) in [5.41, 5.74) is -1.52. The van der Waals surface area contributed by atoms with Crippen molar-refractivity contribution in [1.82, 2.24) is 25.2 Å². The van der Waals surface area contributed by atoms with E-state index in [0.717, 1.165) is 11.8 Å². The van der Waals surface area contributed by atoms with Crippen molar-refractivity contribution >= 4 is 44.6 Å². The number of rotatable bonds is 8. The first-order valence-corrected chi connectivity index (χ1v) is 19.3. The molecule has 2 saturated carbocycles. The number of sulfonamides is 1. The molecule has 276 valence electrons. The summed E-state index contributed by atoms with van der Waals surface area (Å²) in [5, 5.41) is 15.8. The van der Waals surface area contributed by atoms with Crippen molar-refractivity contribution in [3.05, 3.63) is 42.6 Å². The fourth-order valence-electron chi connectivity index (χ4n) is 7.37. The first-order chi connectivity index (χ1) is 24.2. The van der Waals surface area contributed by atoms with Crippen molar-refractivity contribution in [2.75, 3.05) is 6.54 Å². The van der Waals surface area contributed by atoms with Crippen LogP contribution in [0, 0.1) is 17.8 Å². The Morgan fingerprint density at radius 1 is 1.10 bits per heavy atom. The third kappa shape index (κ3) is 7.92. The molecule has 4 aliphatic rings. The van der Waals surface area contributed by atoms with Crippen LogP contribution in [0.25, 0.3) is 10.8 Å². The summed E-state index contributed by atoms with van der Waals surface area (Å²) in [7, 11) is -3.90. The van der Waals surface area contributed by atoms with Gasteiger partial charge in [0.25, 0.3) is 5.91 Å². The van der Waals surface area contributed by atoms with Gasteiger partial charge < -0.3 is 30.1 Å². The number of benzene rings is 1.